The predicted octanol–water partition coefficient (Wildman–Crippen LogP) is 2.94. The molecule has 0 N–H and O–H groups in total. The number of amides is 2. The van der Waals surface area contributed by atoms with E-state index in [1.54, 1.807) is 9.80 Å². The van der Waals surface area contributed by atoms with Crippen molar-refractivity contribution in [2.45, 2.75) is 13.5 Å². The van der Waals surface area contributed by atoms with Crippen LogP contribution in [0.2, 0.25) is 0 Å². The second-order valence-corrected chi connectivity index (χ2v) is 7.19. The summed E-state index contributed by atoms with van der Waals surface area (Å²) in [6.07, 6.45) is 3.06. The Balaban J connectivity index is 1.39. The largest absolute Gasteiger partial charge is 0.335 e. The topological polar surface area (TPSA) is 66.4 Å². The SMILES string of the molecule is Cc1ccc(CN2CCN(C(=O)c3cnc(-c4ccccc4)nc3)CC2=O)cc1. The Labute approximate surface area is 169 Å². The molecule has 0 unspecified atom stereocenters. The smallest absolute Gasteiger partial charge is 0.257 e. The van der Waals surface area contributed by atoms with Gasteiger partial charge in [-0.05, 0) is 12.5 Å². The first-order valence-electron chi connectivity index (χ1n) is 9.60. The molecule has 3 aromatic rings. The van der Waals surface area contributed by atoms with Gasteiger partial charge in [0.05, 0.1) is 5.56 Å². The van der Waals surface area contributed by atoms with Crippen molar-refractivity contribution in [1.29, 1.82) is 0 Å². The molecule has 0 bridgehead atoms. The Hall–Kier alpha value is -3.54. The van der Waals surface area contributed by atoms with Gasteiger partial charge in [-0.3, -0.25) is 9.59 Å². The van der Waals surface area contributed by atoms with Crippen LogP contribution in [0.4, 0.5) is 0 Å². The number of nitrogens with zero attached hydrogens (tertiary/aromatic N) is 4. The summed E-state index contributed by atoms with van der Waals surface area (Å²) in [6.45, 7) is 3.69. The van der Waals surface area contributed by atoms with Crippen molar-refractivity contribution in [1.82, 2.24) is 19.8 Å². The predicted molar refractivity (Wildman–Crippen MR) is 110 cm³/mol. The Bertz CT molecular complexity index is 1000. The van der Waals surface area contributed by atoms with Crippen LogP contribution in [0.3, 0.4) is 0 Å². The van der Waals surface area contributed by atoms with Gasteiger partial charge in [0, 0.05) is 37.6 Å². The first kappa shape index (κ1) is 18.8. The standard InChI is InChI=1S/C23H22N4O2/c1-17-7-9-18(10-8-17)15-26-11-12-27(16-21(26)28)23(29)20-13-24-22(25-14-20)19-5-3-2-4-6-19/h2-10,13-14H,11-12,15-16H2,1H3. The van der Waals surface area contributed by atoms with Crippen molar-refractivity contribution in [3.63, 3.8) is 0 Å². The zero-order valence-corrected chi connectivity index (χ0v) is 16.3. The minimum absolute atomic E-state index is 0.0491. The molecule has 6 nitrogen and oxygen atoms in total. The zero-order chi connectivity index (χ0) is 20.2. The lowest BCUT2D eigenvalue weighted by atomic mass is 10.1. The maximum Gasteiger partial charge on any atom is 0.257 e. The average Bonchev–Trinajstić information content (AvgIpc) is 2.77. The molecule has 1 aliphatic heterocycles. The van der Waals surface area contributed by atoms with Crippen molar-refractivity contribution in [2.24, 2.45) is 0 Å². The van der Waals surface area contributed by atoms with E-state index in [1.165, 1.54) is 18.0 Å². The van der Waals surface area contributed by atoms with Crippen LogP contribution in [-0.2, 0) is 11.3 Å². The van der Waals surface area contributed by atoms with E-state index in [2.05, 4.69) is 9.97 Å². The summed E-state index contributed by atoms with van der Waals surface area (Å²) >= 11 is 0. The summed E-state index contributed by atoms with van der Waals surface area (Å²) in [4.78, 5) is 37.3. The lowest BCUT2D eigenvalue weighted by Crippen LogP contribution is -2.51. The lowest BCUT2D eigenvalue weighted by molar-refractivity contribution is -0.135. The number of aromatic nitrogens is 2. The van der Waals surface area contributed by atoms with Gasteiger partial charge < -0.3 is 9.80 Å². The molecule has 1 aromatic heterocycles. The monoisotopic (exact) mass is 386 g/mol. The highest BCUT2D eigenvalue weighted by Crippen LogP contribution is 2.16. The molecule has 6 heteroatoms. The fourth-order valence-corrected chi connectivity index (χ4v) is 3.32. The highest BCUT2D eigenvalue weighted by Gasteiger charge is 2.28. The molecule has 29 heavy (non-hydrogen) atoms. The second kappa shape index (κ2) is 8.22. The third-order valence-corrected chi connectivity index (χ3v) is 5.03. The molecule has 2 heterocycles. The summed E-state index contributed by atoms with van der Waals surface area (Å²) in [7, 11) is 0. The summed E-state index contributed by atoms with van der Waals surface area (Å²) in [5.74, 6) is 0.307. The fraction of sp³-hybridized carbons (Fsp3) is 0.217. The van der Waals surface area contributed by atoms with Gasteiger partial charge in [0.2, 0.25) is 5.91 Å². The van der Waals surface area contributed by atoms with Gasteiger partial charge in [0.15, 0.2) is 5.82 Å². The minimum atomic E-state index is -0.215. The minimum Gasteiger partial charge on any atom is -0.335 e. The van der Waals surface area contributed by atoms with E-state index >= 15 is 0 Å². The Morgan fingerprint density at radius 3 is 2.31 bits per heavy atom. The van der Waals surface area contributed by atoms with E-state index in [9.17, 15) is 9.59 Å². The van der Waals surface area contributed by atoms with Crippen molar-refractivity contribution in [3.05, 3.63) is 83.7 Å². The summed E-state index contributed by atoms with van der Waals surface area (Å²) in [5, 5.41) is 0. The van der Waals surface area contributed by atoms with Crippen LogP contribution in [0.25, 0.3) is 11.4 Å². The fourth-order valence-electron chi connectivity index (χ4n) is 3.32. The van der Waals surface area contributed by atoms with E-state index in [1.807, 2.05) is 61.5 Å². The number of carbonyl (C=O) groups is 2. The molecule has 2 amide bonds. The molecule has 0 spiro atoms. The summed E-state index contributed by atoms with van der Waals surface area (Å²) in [6, 6.07) is 17.7. The Kier molecular flexibility index (Phi) is 5.33. The second-order valence-electron chi connectivity index (χ2n) is 7.19. The van der Waals surface area contributed by atoms with Gasteiger partial charge in [0.1, 0.15) is 6.54 Å². The van der Waals surface area contributed by atoms with Crippen LogP contribution in [-0.4, -0.2) is 51.2 Å². The average molecular weight is 386 g/mol. The number of piperazine rings is 1. The summed E-state index contributed by atoms with van der Waals surface area (Å²) < 4.78 is 0. The van der Waals surface area contributed by atoms with E-state index in [-0.39, 0.29) is 18.4 Å². The number of aryl methyl sites for hydroxylation is 1. The van der Waals surface area contributed by atoms with Gasteiger partial charge in [-0.2, -0.15) is 0 Å². The molecule has 1 saturated heterocycles. The van der Waals surface area contributed by atoms with Gasteiger partial charge >= 0.3 is 0 Å². The van der Waals surface area contributed by atoms with Crippen molar-refractivity contribution < 1.29 is 9.59 Å². The van der Waals surface area contributed by atoms with Gasteiger partial charge in [-0.25, -0.2) is 9.97 Å². The maximum absolute atomic E-state index is 12.8. The molecular formula is C23H22N4O2. The molecule has 2 aromatic carbocycles. The third kappa shape index (κ3) is 4.32. The number of hydrogen-bond donors (Lipinski definition) is 0. The number of rotatable bonds is 4. The Morgan fingerprint density at radius 1 is 0.966 bits per heavy atom. The zero-order valence-electron chi connectivity index (χ0n) is 16.3. The molecule has 0 saturated carbocycles. The van der Waals surface area contributed by atoms with Gasteiger partial charge in [0.25, 0.3) is 5.91 Å². The van der Waals surface area contributed by atoms with Crippen LogP contribution in [0.1, 0.15) is 21.5 Å². The van der Waals surface area contributed by atoms with Crippen molar-refractivity contribution >= 4 is 11.8 Å². The Morgan fingerprint density at radius 2 is 1.66 bits per heavy atom. The molecule has 1 fully saturated rings. The molecule has 0 atom stereocenters. The molecular weight excluding hydrogens is 364 g/mol. The van der Waals surface area contributed by atoms with E-state index < -0.39 is 0 Å². The number of carbonyl (C=O) groups excluding carboxylic acids is 2. The van der Waals surface area contributed by atoms with Crippen LogP contribution < -0.4 is 0 Å². The third-order valence-electron chi connectivity index (χ3n) is 5.03. The van der Waals surface area contributed by atoms with Crippen LogP contribution >= 0.6 is 0 Å². The maximum atomic E-state index is 12.8. The van der Waals surface area contributed by atoms with Crippen molar-refractivity contribution in [3.8, 4) is 11.4 Å². The van der Waals surface area contributed by atoms with E-state index in [0.717, 1.165) is 11.1 Å². The van der Waals surface area contributed by atoms with Gasteiger partial charge in [-0.15, -0.1) is 0 Å². The molecule has 146 valence electrons. The van der Waals surface area contributed by atoms with Gasteiger partial charge in [-0.1, -0.05) is 60.2 Å². The number of benzene rings is 2. The highest BCUT2D eigenvalue weighted by molar-refractivity contribution is 5.96. The first-order chi connectivity index (χ1) is 14.1. The highest BCUT2D eigenvalue weighted by atomic mass is 16.2. The van der Waals surface area contributed by atoms with Crippen LogP contribution in [0, 0.1) is 6.92 Å². The molecule has 1 aliphatic rings. The van der Waals surface area contributed by atoms with E-state index in [0.29, 0.717) is 31.0 Å². The molecule has 0 radical (unpaired) electrons. The van der Waals surface area contributed by atoms with Crippen LogP contribution in [0.15, 0.2) is 67.0 Å². The quantitative estimate of drug-likeness (QED) is 0.692. The first-order valence-corrected chi connectivity index (χ1v) is 9.60. The lowest BCUT2D eigenvalue weighted by Gasteiger charge is -2.34. The number of hydrogen-bond acceptors (Lipinski definition) is 4. The van der Waals surface area contributed by atoms with Crippen molar-refractivity contribution in [2.75, 3.05) is 19.6 Å². The molecule has 4 rings (SSSR count). The summed E-state index contributed by atoms with van der Waals surface area (Å²) in [5.41, 5.74) is 3.57. The molecule has 0 aliphatic carbocycles. The van der Waals surface area contributed by atoms with E-state index in [4.69, 9.17) is 0 Å². The normalized spacial score (nSPS) is 14.2. The van der Waals surface area contributed by atoms with Crippen LogP contribution in [0.5, 0.6) is 0 Å².